The van der Waals surface area contributed by atoms with Crippen LogP contribution in [0.15, 0.2) is 24.3 Å². The normalized spacial score (nSPS) is 11.5. The zero-order chi connectivity index (χ0) is 18.2. The van der Waals surface area contributed by atoms with Gasteiger partial charge in [-0.15, -0.1) is 17.5 Å². The summed E-state index contributed by atoms with van der Waals surface area (Å²) in [5.74, 6) is 0.127. The van der Waals surface area contributed by atoms with E-state index < -0.39 is 13.2 Å². The molecule has 1 aromatic heterocycles. The van der Waals surface area contributed by atoms with Crippen LogP contribution in [0.5, 0.6) is 0 Å². The van der Waals surface area contributed by atoms with Crippen molar-refractivity contribution in [2.75, 3.05) is 5.32 Å². The molecular formula is C14H21BCl2N6O3. The smallest absolute Gasteiger partial charge is 0.427 e. The SMILES string of the molecule is Cl.NC(CCCCB(O)O)c1nnnn1CC(=O)Nc1ccc(Cl)cc1. The Morgan fingerprint density at radius 3 is 2.65 bits per heavy atom. The van der Waals surface area contributed by atoms with Crippen molar-refractivity contribution in [3.8, 4) is 0 Å². The largest absolute Gasteiger partial charge is 0.451 e. The lowest BCUT2D eigenvalue weighted by molar-refractivity contribution is -0.117. The minimum absolute atomic E-state index is 0. The molecule has 0 aliphatic carbocycles. The van der Waals surface area contributed by atoms with E-state index in [2.05, 4.69) is 20.8 Å². The van der Waals surface area contributed by atoms with Crippen LogP contribution < -0.4 is 11.1 Å². The summed E-state index contributed by atoms with van der Waals surface area (Å²) in [6.07, 6.45) is 2.19. The fourth-order valence-electron chi connectivity index (χ4n) is 2.28. The summed E-state index contributed by atoms with van der Waals surface area (Å²) in [6, 6.07) is 6.32. The number of unbranched alkanes of at least 4 members (excludes halogenated alkanes) is 1. The molecule has 5 N–H and O–H groups in total. The summed E-state index contributed by atoms with van der Waals surface area (Å²) >= 11 is 5.80. The average Bonchev–Trinajstić information content (AvgIpc) is 3.01. The third-order valence-electron chi connectivity index (χ3n) is 3.54. The van der Waals surface area contributed by atoms with Crippen molar-refractivity contribution in [2.24, 2.45) is 5.73 Å². The maximum atomic E-state index is 12.1. The van der Waals surface area contributed by atoms with Crippen molar-refractivity contribution in [1.82, 2.24) is 20.2 Å². The first-order valence-electron chi connectivity index (χ1n) is 7.89. The molecule has 12 heteroatoms. The van der Waals surface area contributed by atoms with E-state index in [9.17, 15) is 4.79 Å². The Labute approximate surface area is 162 Å². The molecule has 0 saturated heterocycles. The second-order valence-electron chi connectivity index (χ2n) is 5.62. The number of hydrogen-bond acceptors (Lipinski definition) is 7. The van der Waals surface area contributed by atoms with Gasteiger partial charge in [0.05, 0.1) is 6.04 Å². The van der Waals surface area contributed by atoms with Crippen LogP contribution in [-0.2, 0) is 11.3 Å². The third-order valence-corrected chi connectivity index (χ3v) is 3.79. The van der Waals surface area contributed by atoms with Gasteiger partial charge in [0, 0.05) is 10.7 Å². The van der Waals surface area contributed by atoms with E-state index >= 15 is 0 Å². The number of rotatable bonds is 9. The highest BCUT2D eigenvalue weighted by Gasteiger charge is 2.17. The molecule has 1 unspecified atom stereocenters. The van der Waals surface area contributed by atoms with Gasteiger partial charge in [-0.3, -0.25) is 4.79 Å². The Bertz CT molecular complexity index is 686. The van der Waals surface area contributed by atoms with Gasteiger partial charge in [0.1, 0.15) is 6.54 Å². The standard InChI is InChI=1S/C14H20BClN6O3.ClH/c16-10-4-6-11(7-5-10)18-13(23)9-22-14(19-20-21-22)12(17)3-1-2-8-15(24)25;/h4-7,12,24-25H,1-3,8-9,17H2,(H,18,23);1H. The molecule has 0 saturated carbocycles. The minimum atomic E-state index is -1.31. The van der Waals surface area contributed by atoms with Crippen LogP contribution in [-0.4, -0.2) is 43.3 Å². The number of halogens is 2. The Morgan fingerprint density at radius 2 is 2.00 bits per heavy atom. The van der Waals surface area contributed by atoms with Crippen LogP contribution in [0.3, 0.4) is 0 Å². The molecular weight excluding hydrogens is 382 g/mol. The van der Waals surface area contributed by atoms with Gasteiger partial charge in [-0.2, -0.15) is 0 Å². The average molecular weight is 403 g/mol. The number of tetrazole rings is 1. The highest BCUT2D eigenvalue weighted by Crippen LogP contribution is 2.16. The molecule has 1 heterocycles. The van der Waals surface area contributed by atoms with E-state index in [1.54, 1.807) is 24.3 Å². The molecule has 0 aliphatic rings. The van der Waals surface area contributed by atoms with E-state index in [-0.39, 0.29) is 24.9 Å². The maximum Gasteiger partial charge on any atom is 0.451 e. The lowest BCUT2D eigenvalue weighted by Gasteiger charge is -2.11. The number of nitrogens with one attached hydrogen (secondary N) is 1. The summed E-state index contributed by atoms with van der Waals surface area (Å²) < 4.78 is 1.36. The van der Waals surface area contributed by atoms with E-state index in [0.717, 1.165) is 0 Å². The van der Waals surface area contributed by atoms with Gasteiger partial charge in [0.15, 0.2) is 5.82 Å². The summed E-state index contributed by atoms with van der Waals surface area (Å²) in [5.41, 5.74) is 6.69. The second kappa shape index (κ2) is 11.1. The number of anilines is 1. The lowest BCUT2D eigenvalue weighted by atomic mass is 9.83. The molecule has 142 valence electrons. The Hall–Kier alpha value is -1.72. The molecule has 0 spiro atoms. The van der Waals surface area contributed by atoms with Gasteiger partial charge in [-0.1, -0.05) is 24.4 Å². The fourth-order valence-corrected chi connectivity index (χ4v) is 2.41. The monoisotopic (exact) mass is 402 g/mol. The summed E-state index contributed by atoms with van der Waals surface area (Å²) in [4.78, 5) is 12.1. The molecule has 0 bridgehead atoms. The van der Waals surface area contributed by atoms with Crippen LogP contribution in [0, 0.1) is 0 Å². The predicted molar refractivity (Wildman–Crippen MR) is 101 cm³/mol. The van der Waals surface area contributed by atoms with Crippen molar-refractivity contribution >= 4 is 42.7 Å². The van der Waals surface area contributed by atoms with E-state index in [1.807, 2.05) is 0 Å². The van der Waals surface area contributed by atoms with Gasteiger partial charge in [0.2, 0.25) is 5.91 Å². The summed E-state index contributed by atoms with van der Waals surface area (Å²) in [5, 5.41) is 32.2. The van der Waals surface area contributed by atoms with Gasteiger partial charge >= 0.3 is 7.12 Å². The van der Waals surface area contributed by atoms with Crippen molar-refractivity contribution in [1.29, 1.82) is 0 Å². The maximum absolute atomic E-state index is 12.1. The molecule has 2 aromatic rings. The molecule has 1 amide bonds. The number of aromatic nitrogens is 4. The summed E-state index contributed by atoms with van der Waals surface area (Å²) in [6.45, 7) is -0.0615. The van der Waals surface area contributed by atoms with Crippen LogP contribution in [0.25, 0.3) is 0 Å². The van der Waals surface area contributed by atoms with Gasteiger partial charge in [0.25, 0.3) is 0 Å². The fraction of sp³-hybridized carbons (Fsp3) is 0.429. The second-order valence-corrected chi connectivity index (χ2v) is 6.06. The molecule has 0 radical (unpaired) electrons. The number of carbonyl (C=O) groups is 1. The zero-order valence-corrected chi connectivity index (χ0v) is 15.5. The van der Waals surface area contributed by atoms with Gasteiger partial charge < -0.3 is 21.1 Å². The first kappa shape index (κ1) is 22.3. The lowest BCUT2D eigenvalue weighted by Crippen LogP contribution is -2.24. The first-order chi connectivity index (χ1) is 12.0. The number of carbonyl (C=O) groups excluding carboxylic acids is 1. The van der Waals surface area contributed by atoms with Crippen LogP contribution in [0.1, 0.15) is 31.1 Å². The van der Waals surface area contributed by atoms with Crippen LogP contribution in [0.4, 0.5) is 5.69 Å². The molecule has 0 fully saturated rings. The number of amides is 1. The number of hydrogen-bond donors (Lipinski definition) is 4. The molecule has 26 heavy (non-hydrogen) atoms. The van der Waals surface area contributed by atoms with Crippen LogP contribution in [0.2, 0.25) is 11.3 Å². The van der Waals surface area contributed by atoms with E-state index in [4.69, 9.17) is 27.4 Å². The zero-order valence-electron chi connectivity index (χ0n) is 14.0. The van der Waals surface area contributed by atoms with E-state index in [1.165, 1.54) is 4.68 Å². The van der Waals surface area contributed by atoms with Crippen molar-refractivity contribution < 1.29 is 14.8 Å². The number of nitrogens with zero attached hydrogens (tertiary/aromatic N) is 4. The van der Waals surface area contributed by atoms with Gasteiger partial charge in [-0.05, 0) is 47.4 Å². The highest BCUT2D eigenvalue weighted by molar-refractivity contribution is 6.40. The Balaban J connectivity index is 0.00000338. The highest BCUT2D eigenvalue weighted by atomic mass is 35.5. The van der Waals surface area contributed by atoms with E-state index in [0.29, 0.717) is 42.1 Å². The topological polar surface area (TPSA) is 139 Å². The molecule has 1 atom stereocenters. The number of benzene rings is 1. The van der Waals surface area contributed by atoms with Gasteiger partial charge in [-0.25, -0.2) is 4.68 Å². The third kappa shape index (κ3) is 7.26. The minimum Gasteiger partial charge on any atom is -0.427 e. The molecule has 2 rings (SSSR count). The van der Waals surface area contributed by atoms with Crippen LogP contribution >= 0.6 is 24.0 Å². The Morgan fingerprint density at radius 1 is 1.31 bits per heavy atom. The Kier molecular flexibility index (Phi) is 9.53. The molecule has 9 nitrogen and oxygen atoms in total. The molecule has 1 aromatic carbocycles. The number of nitrogens with two attached hydrogens (primary N) is 1. The predicted octanol–water partition coefficient (Wildman–Crippen LogP) is 1.03. The quantitative estimate of drug-likeness (QED) is 0.362. The summed E-state index contributed by atoms with van der Waals surface area (Å²) in [7, 11) is -1.31. The van der Waals surface area contributed by atoms with Crippen molar-refractivity contribution in [3.63, 3.8) is 0 Å². The first-order valence-corrected chi connectivity index (χ1v) is 8.26. The van der Waals surface area contributed by atoms with Crippen molar-refractivity contribution in [2.45, 2.75) is 38.2 Å². The van der Waals surface area contributed by atoms with Crippen molar-refractivity contribution in [3.05, 3.63) is 35.1 Å². The molecule has 0 aliphatic heterocycles.